The van der Waals surface area contributed by atoms with Crippen LogP contribution in [0.5, 0.6) is 0 Å². The first-order chi connectivity index (χ1) is 9.24. The molecule has 1 aromatic heterocycles. The van der Waals surface area contributed by atoms with Gasteiger partial charge in [0.05, 0.1) is 0 Å². The molecule has 19 heavy (non-hydrogen) atoms. The van der Waals surface area contributed by atoms with Gasteiger partial charge in [0.2, 0.25) is 0 Å². The van der Waals surface area contributed by atoms with Crippen LogP contribution in [0.25, 0.3) is 0 Å². The van der Waals surface area contributed by atoms with E-state index in [1.807, 2.05) is 18.5 Å². The molecule has 1 N–H and O–H groups in total. The molecule has 0 aromatic carbocycles. The first kappa shape index (κ1) is 14.5. The van der Waals surface area contributed by atoms with Gasteiger partial charge in [0.25, 0.3) is 0 Å². The van der Waals surface area contributed by atoms with E-state index in [2.05, 4.69) is 35.1 Å². The van der Waals surface area contributed by atoms with Crippen molar-refractivity contribution in [2.75, 3.05) is 32.7 Å². The highest BCUT2D eigenvalue weighted by Gasteiger charge is 2.21. The number of hydrogen-bond acceptors (Lipinski definition) is 3. The summed E-state index contributed by atoms with van der Waals surface area (Å²) >= 11 is 0. The SMILES string of the molecule is CC(C)CNCC1CCN(CCc2cccnc2)C1. The Morgan fingerprint density at radius 3 is 3.11 bits per heavy atom. The molecule has 0 radical (unpaired) electrons. The monoisotopic (exact) mass is 261 g/mol. The Bertz CT molecular complexity index is 350. The number of rotatable bonds is 7. The molecule has 1 saturated heterocycles. The maximum absolute atomic E-state index is 4.17. The van der Waals surface area contributed by atoms with Crippen molar-refractivity contribution in [1.29, 1.82) is 0 Å². The van der Waals surface area contributed by atoms with Crippen molar-refractivity contribution in [1.82, 2.24) is 15.2 Å². The minimum Gasteiger partial charge on any atom is -0.316 e. The van der Waals surface area contributed by atoms with Crippen LogP contribution in [-0.2, 0) is 6.42 Å². The first-order valence-electron chi connectivity index (χ1n) is 7.56. The summed E-state index contributed by atoms with van der Waals surface area (Å²) < 4.78 is 0. The Labute approximate surface area is 117 Å². The molecule has 2 rings (SSSR count). The highest BCUT2D eigenvalue weighted by Crippen LogP contribution is 2.15. The third kappa shape index (κ3) is 5.29. The molecule has 3 heteroatoms. The smallest absolute Gasteiger partial charge is 0.0300 e. The fraction of sp³-hybridized carbons (Fsp3) is 0.688. The number of hydrogen-bond donors (Lipinski definition) is 1. The normalized spacial score (nSPS) is 20.3. The molecule has 106 valence electrons. The van der Waals surface area contributed by atoms with E-state index in [4.69, 9.17) is 0 Å². The van der Waals surface area contributed by atoms with Crippen LogP contribution in [0.1, 0.15) is 25.8 Å². The minimum atomic E-state index is 0.753. The topological polar surface area (TPSA) is 28.2 Å². The predicted octanol–water partition coefficient (Wildman–Crippen LogP) is 2.19. The second-order valence-electron chi connectivity index (χ2n) is 6.12. The Hall–Kier alpha value is -0.930. The first-order valence-corrected chi connectivity index (χ1v) is 7.56. The summed E-state index contributed by atoms with van der Waals surface area (Å²) in [5.41, 5.74) is 1.35. The summed E-state index contributed by atoms with van der Waals surface area (Å²) in [6.45, 7) is 10.5. The molecular formula is C16H27N3. The van der Waals surface area contributed by atoms with E-state index in [1.165, 1.54) is 38.2 Å². The molecule has 0 spiro atoms. The average molecular weight is 261 g/mol. The van der Waals surface area contributed by atoms with Crippen LogP contribution in [0.4, 0.5) is 0 Å². The molecule has 2 heterocycles. The Kier molecular flexibility index (Phi) is 5.80. The lowest BCUT2D eigenvalue weighted by molar-refractivity contribution is 0.324. The van der Waals surface area contributed by atoms with Crippen molar-refractivity contribution in [3.8, 4) is 0 Å². The molecule has 0 bridgehead atoms. The van der Waals surface area contributed by atoms with Gasteiger partial charge in [0.15, 0.2) is 0 Å². The molecule has 3 nitrogen and oxygen atoms in total. The molecule has 0 aliphatic carbocycles. The molecule has 0 amide bonds. The summed E-state index contributed by atoms with van der Waals surface area (Å²) in [6, 6.07) is 4.20. The number of likely N-dealkylation sites (tertiary alicyclic amines) is 1. The lowest BCUT2D eigenvalue weighted by Crippen LogP contribution is -2.29. The quantitative estimate of drug-likeness (QED) is 0.815. The number of nitrogens with zero attached hydrogens (tertiary/aromatic N) is 2. The highest BCUT2D eigenvalue weighted by molar-refractivity contribution is 5.08. The van der Waals surface area contributed by atoms with Crippen LogP contribution in [-0.4, -0.2) is 42.6 Å². The van der Waals surface area contributed by atoms with E-state index in [-0.39, 0.29) is 0 Å². The standard InChI is InChI=1S/C16H27N3/c1-14(2)10-18-12-16-6-9-19(13-16)8-5-15-4-3-7-17-11-15/h3-4,7,11,14,16,18H,5-6,8-10,12-13H2,1-2H3. The molecule has 1 unspecified atom stereocenters. The average Bonchev–Trinajstić information content (AvgIpc) is 2.85. The van der Waals surface area contributed by atoms with E-state index in [0.717, 1.165) is 24.8 Å². The number of nitrogens with one attached hydrogen (secondary N) is 1. The van der Waals surface area contributed by atoms with Gasteiger partial charge in [-0.15, -0.1) is 0 Å². The Morgan fingerprint density at radius 1 is 1.47 bits per heavy atom. The van der Waals surface area contributed by atoms with Crippen LogP contribution >= 0.6 is 0 Å². The summed E-state index contributed by atoms with van der Waals surface area (Å²) in [7, 11) is 0. The van der Waals surface area contributed by atoms with Gasteiger partial charge in [-0.2, -0.15) is 0 Å². The van der Waals surface area contributed by atoms with Crippen molar-refractivity contribution in [3.05, 3.63) is 30.1 Å². The van der Waals surface area contributed by atoms with E-state index < -0.39 is 0 Å². The summed E-state index contributed by atoms with van der Waals surface area (Å²) in [6.07, 6.45) is 6.30. The zero-order valence-electron chi connectivity index (χ0n) is 12.3. The molecule has 1 atom stereocenters. The van der Waals surface area contributed by atoms with Crippen LogP contribution in [0.2, 0.25) is 0 Å². The van der Waals surface area contributed by atoms with E-state index in [0.29, 0.717) is 0 Å². The zero-order valence-corrected chi connectivity index (χ0v) is 12.3. The molecule has 0 saturated carbocycles. The van der Waals surface area contributed by atoms with Crippen molar-refractivity contribution in [2.24, 2.45) is 11.8 Å². The van der Waals surface area contributed by atoms with Crippen molar-refractivity contribution < 1.29 is 0 Å². The van der Waals surface area contributed by atoms with Crippen molar-refractivity contribution in [3.63, 3.8) is 0 Å². The second-order valence-corrected chi connectivity index (χ2v) is 6.12. The maximum atomic E-state index is 4.17. The van der Waals surface area contributed by atoms with Crippen LogP contribution in [0.3, 0.4) is 0 Å². The van der Waals surface area contributed by atoms with Crippen molar-refractivity contribution >= 4 is 0 Å². The third-order valence-electron chi connectivity index (χ3n) is 3.80. The molecule has 1 aliphatic rings. The van der Waals surface area contributed by atoms with Gasteiger partial charge >= 0.3 is 0 Å². The lowest BCUT2D eigenvalue weighted by Gasteiger charge is -2.16. The second kappa shape index (κ2) is 7.61. The largest absolute Gasteiger partial charge is 0.316 e. The van der Waals surface area contributed by atoms with E-state index in [9.17, 15) is 0 Å². The Morgan fingerprint density at radius 2 is 2.37 bits per heavy atom. The van der Waals surface area contributed by atoms with Crippen molar-refractivity contribution in [2.45, 2.75) is 26.7 Å². The number of pyridine rings is 1. The van der Waals surface area contributed by atoms with Gasteiger partial charge in [-0.25, -0.2) is 0 Å². The Balaban J connectivity index is 1.62. The van der Waals surface area contributed by atoms with Gasteiger partial charge in [-0.1, -0.05) is 19.9 Å². The van der Waals surface area contributed by atoms with Gasteiger partial charge in [-0.3, -0.25) is 4.98 Å². The van der Waals surface area contributed by atoms with Crippen LogP contribution in [0.15, 0.2) is 24.5 Å². The van der Waals surface area contributed by atoms with Gasteiger partial charge in [-0.05, 0) is 55.9 Å². The zero-order chi connectivity index (χ0) is 13.5. The van der Waals surface area contributed by atoms with E-state index in [1.54, 1.807) is 0 Å². The molecule has 1 aliphatic heterocycles. The molecular weight excluding hydrogens is 234 g/mol. The minimum absolute atomic E-state index is 0.753. The fourth-order valence-corrected chi connectivity index (χ4v) is 2.69. The van der Waals surface area contributed by atoms with Crippen LogP contribution < -0.4 is 5.32 Å². The van der Waals surface area contributed by atoms with Gasteiger partial charge in [0.1, 0.15) is 0 Å². The summed E-state index contributed by atoms with van der Waals surface area (Å²) in [4.78, 5) is 6.77. The van der Waals surface area contributed by atoms with Gasteiger partial charge in [0, 0.05) is 25.5 Å². The van der Waals surface area contributed by atoms with Gasteiger partial charge < -0.3 is 10.2 Å². The third-order valence-corrected chi connectivity index (χ3v) is 3.80. The predicted molar refractivity (Wildman–Crippen MR) is 80.2 cm³/mol. The maximum Gasteiger partial charge on any atom is 0.0300 e. The summed E-state index contributed by atoms with van der Waals surface area (Å²) in [5, 5.41) is 3.58. The fourth-order valence-electron chi connectivity index (χ4n) is 2.69. The summed E-state index contributed by atoms with van der Waals surface area (Å²) in [5.74, 6) is 1.59. The van der Waals surface area contributed by atoms with E-state index >= 15 is 0 Å². The molecule has 1 fully saturated rings. The van der Waals surface area contributed by atoms with Crippen LogP contribution in [0, 0.1) is 11.8 Å². The lowest BCUT2D eigenvalue weighted by atomic mass is 10.1. The highest BCUT2D eigenvalue weighted by atomic mass is 15.1. The molecule has 1 aromatic rings. The number of aromatic nitrogens is 1.